The molecule has 0 amide bonds. The quantitative estimate of drug-likeness (QED) is 0.692. The van der Waals surface area contributed by atoms with Gasteiger partial charge in [0.15, 0.2) is 6.29 Å². The number of hydrogen-bond donors (Lipinski definition) is 0. The van der Waals surface area contributed by atoms with Crippen LogP contribution in [-0.2, 0) is 0 Å². The van der Waals surface area contributed by atoms with E-state index in [0.717, 1.165) is 18.4 Å². The van der Waals surface area contributed by atoms with Crippen LogP contribution in [-0.4, -0.2) is 21.3 Å². The third kappa shape index (κ3) is 1.84. The van der Waals surface area contributed by atoms with E-state index in [1.54, 1.807) is 0 Å². The molecule has 1 heterocycles. The van der Waals surface area contributed by atoms with Gasteiger partial charge in [0.05, 0.1) is 11.7 Å². The van der Waals surface area contributed by atoms with E-state index in [4.69, 9.17) is 0 Å². The minimum Gasteiger partial charge on any atom is -0.296 e. The zero-order valence-corrected chi connectivity index (χ0v) is 9.19. The standard InChI is InChI=1S/C10H17N3O/c1-5-8(4)13-10(7(2)3)9(6-14)11-12-13/h6-8H,5H2,1-4H3. The van der Waals surface area contributed by atoms with E-state index in [1.165, 1.54) is 0 Å². The summed E-state index contributed by atoms with van der Waals surface area (Å²) in [5.41, 5.74) is 1.41. The average molecular weight is 195 g/mol. The van der Waals surface area contributed by atoms with Crippen LogP contribution in [0.2, 0.25) is 0 Å². The molecule has 0 saturated heterocycles. The number of carbonyl (C=O) groups is 1. The van der Waals surface area contributed by atoms with E-state index in [-0.39, 0.29) is 5.92 Å². The lowest BCUT2D eigenvalue weighted by atomic mass is 10.1. The molecule has 14 heavy (non-hydrogen) atoms. The van der Waals surface area contributed by atoms with Gasteiger partial charge in [-0.15, -0.1) is 5.10 Å². The zero-order valence-electron chi connectivity index (χ0n) is 9.19. The summed E-state index contributed by atoms with van der Waals surface area (Å²) in [5.74, 6) is 0.277. The van der Waals surface area contributed by atoms with Gasteiger partial charge in [0.1, 0.15) is 5.69 Å². The third-order valence-electron chi connectivity index (χ3n) is 2.42. The SMILES string of the molecule is CCC(C)n1nnc(C=O)c1C(C)C. The van der Waals surface area contributed by atoms with Crippen molar-refractivity contribution in [3.63, 3.8) is 0 Å². The summed E-state index contributed by atoms with van der Waals surface area (Å²) < 4.78 is 1.86. The normalized spacial score (nSPS) is 13.2. The Balaban J connectivity index is 3.16. The van der Waals surface area contributed by atoms with E-state index in [0.29, 0.717) is 11.7 Å². The lowest BCUT2D eigenvalue weighted by molar-refractivity contribution is 0.111. The van der Waals surface area contributed by atoms with E-state index in [9.17, 15) is 4.79 Å². The minimum absolute atomic E-state index is 0.277. The van der Waals surface area contributed by atoms with Gasteiger partial charge in [-0.05, 0) is 19.3 Å². The number of aldehydes is 1. The molecular weight excluding hydrogens is 178 g/mol. The first kappa shape index (κ1) is 10.9. The van der Waals surface area contributed by atoms with Gasteiger partial charge in [0, 0.05) is 0 Å². The molecule has 0 radical (unpaired) electrons. The summed E-state index contributed by atoms with van der Waals surface area (Å²) in [6.07, 6.45) is 1.77. The molecule has 0 bridgehead atoms. The van der Waals surface area contributed by atoms with Crippen molar-refractivity contribution in [3.05, 3.63) is 11.4 Å². The first-order valence-corrected chi connectivity index (χ1v) is 5.02. The second kappa shape index (κ2) is 4.35. The highest BCUT2D eigenvalue weighted by Gasteiger charge is 2.18. The maximum atomic E-state index is 10.7. The van der Waals surface area contributed by atoms with E-state index in [1.807, 2.05) is 18.5 Å². The first-order chi connectivity index (χ1) is 6.61. The van der Waals surface area contributed by atoms with Gasteiger partial charge in [-0.2, -0.15) is 0 Å². The highest BCUT2D eigenvalue weighted by atomic mass is 16.1. The molecular formula is C10H17N3O. The van der Waals surface area contributed by atoms with Crippen molar-refractivity contribution in [2.45, 2.75) is 46.1 Å². The molecule has 0 N–H and O–H groups in total. The van der Waals surface area contributed by atoms with Gasteiger partial charge >= 0.3 is 0 Å². The largest absolute Gasteiger partial charge is 0.296 e. The molecule has 4 heteroatoms. The average Bonchev–Trinajstić information content (AvgIpc) is 2.59. The Labute approximate surface area is 84.3 Å². The molecule has 4 nitrogen and oxygen atoms in total. The molecule has 0 aliphatic heterocycles. The Morgan fingerprint density at radius 1 is 1.43 bits per heavy atom. The smallest absolute Gasteiger partial charge is 0.172 e. The Morgan fingerprint density at radius 3 is 2.50 bits per heavy atom. The maximum Gasteiger partial charge on any atom is 0.172 e. The van der Waals surface area contributed by atoms with Gasteiger partial charge in [-0.3, -0.25) is 4.79 Å². The van der Waals surface area contributed by atoms with Crippen LogP contribution in [0.25, 0.3) is 0 Å². The molecule has 1 rings (SSSR count). The molecule has 0 saturated carbocycles. The number of hydrogen-bond acceptors (Lipinski definition) is 3. The molecule has 1 atom stereocenters. The Bertz CT molecular complexity index is 317. The van der Waals surface area contributed by atoms with Crippen molar-refractivity contribution in [2.75, 3.05) is 0 Å². The van der Waals surface area contributed by atoms with Gasteiger partial charge < -0.3 is 0 Å². The predicted octanol–water partition coefficient (Wildman–Crippen LogP) is 2.19. The highest BCUT2D eigenvalue weighted by molar-refractivity contribution is 5.73. The van der Waals surface area contributed by atoms with E-state index in [2.05, 4.69) is 24.2 Å². The van der Waals surface area contributed by atoms with Crippen molar-refractivity contribution in [2.24, 2.45) is 0 Å². The number of carbonyl (C=O) groups excluding carboxylic acids is 1. The third-order valence-corrected chi connectivity index (χ3v) is 2.42. The second-order valence-electron chi connectivity index (χ2n) is 3.83. The van der Waals surface area contributed by atoms with Crippen LogP contribution in [0.4, 0.5) is 0 Å². The molecule has 78 valence electrons. The lowest BCUT2D eigenvalue weighted by Gasteiger charge is -2.14. The predicted molar refractivity (Wildman–Crippen MR) is 54.5 cm³/mol. The first-order valence-electron chi connectivity index (χ1n) is 5.02. The van der Waals surface area contributed by atoms with E-state index >= 15 is 0 Å². The van der Waals surface area contributed by atoms with Crippen LogP contribution in [0.15, 0.2) is 0 Å². The summed E-state index contributed by atoms with van der Waals surface area (Å²) in [6, 6.07) is 0.300. The minimum atomic E-state index is 0.277. The van der Waals surface area contributed by atoms with Crippen molar-refractivity contribution in [1.82, 2.24) is 15.0 Å². The maximum absolute atomic E-state index is 10.7. The molecule has 0 aliphatic rings. The van der Waals surface area contributed by atoms with Crippen LogP contribution < -0.4 is 0 Å². The van der Waals surface area contributed by atoms with Crippen molar-refractivity contribution in [1.29, 1.82) is 0 Å². The van der Waals surface area contributed by atoms with Gasteiger partial charge in [0.25, 0.3) is 0 Å². The molecule has 1 aromatic heterocycles. The number of aromatic nitrogens is 3. The van der Waals surface area contributed by atoms with Crippen LogP contribution in [0.1, 0.15) is 62.3 Å². The van der Waals surface area contributed by atoms with Crippen LogP contribution in [0.3, 0.4) is 0 Å². The monoisotopic (exact) mass is 195 g/mol. The summed E-state index contributed by atoms with van der Waals surface area (Å²) in [6.45, 7) is 8.27. The Morgan fingerprint density at radius 2 is 2.07 bits per heavy atom. The molecule has 0 fully saturated rings. The number of rotatable bonds is 4. The summed E-state index contributed by atoms with van der Waals surface area (Å²) in [7, 11) is 0. The van der Waals surface area contributed by atoms with Crippen molar-refractivity contribution < 1.29 is 4.79 Å². The topological polar surface area (TPSA) is 47.8 Å². The molecule has 1 unspecified atom stereocenters. The van der Waals surface area contributed by atoms with Gasteiger partial charge in [-0.25, -0.2) is 4.68 Å². The fourth-order valence-electron chi connectivity index (χ4n) is 1.46. The van der Waals surface area contributed by atoms with Crippen LogP contribution in [0, 0.1) is 0 Å². The van der Waals surface area contributed by atoms with Crippen LogP contribution in [0.5, 0.6) is 0 Å². The number of nitrogens with zero attached hydrogens (tertiary/aromatic N) is 3. The fourth-order valence-corrected chi connectivity index (χ4v) is 1.46. The van der Waals surface area contributed by atoms with E-state index < -0.39 is 0 Å². The molecule has 1 aromatic rings. The fraction of sp³-hybridized carbons (Fsp3) is 0.700. The summed E-state index contributed by atoms with van der Waals surface area (Å²) in [4.78, 5) is 10.7. The molecule has 0 aromatic carbocycles. The molecule has 0 spiro atoms. The second-order valence-corrected chi connectivity index (χ2v) is 3.83. The van der Waals surface area contributed by atoms with Crippen LogP contribution >= 0.6 is 0 Å². The summed E-state index contributed by atoms with van der Waals surface area (Å²) in [5, 5.41) is 7.88. The Hall–Kier alpha value is -1.19. The lowest BCUT2D eigenvalue weighted by Crippen LogP contribution is -2.11. The molecule has 0 aliphatic carbocycles. The van der Waals surface area contributed by atoms with Crippen molar-refractivity contribution >= 4 is 6.29 Å². The van der Waals surface area contributed by atoms with Gasteiger partial charge in [0.2, 0.25) is 0 Å². The van der Waals surface area contributed by atoms with Gasteiger partial charge in [-0.1, -0.05) is 26.0 Å². The zero-order chi connectivity index (χ0) is 10.7. The highest BCUT2D eigenvalue weighted by Crippen LogP contribution is 2.21. The summed E-state index contributed by atoms with van der Waals surface area (Å²) >= 11 is 0. The Kier molecular flexibility index (Phi) is 3.38. The van der Waals surface area contributed by atoms with Crippen molar-refractivity contribution in [3.8, 4) is 0 Å².